The maximum atomic E-state index is 12.4. The van der Waals surface area contributed by atoms with Crippen molar-refractivity contribution in [3.8, 4) is 11.5 Å². The van der Waals surface area contributed by atoms with E-state index in [0.717, 1.165) is 18.4 Å². The van der Waals surface area contributed by atoms with Gasteiger partial charge in [-0.2, -0.15) is 0 Å². The van der Waals surface area contributed by atoms with Gasteiger partial charge in [0.1, 0.15) is 17.6 Å². The number of methoxy groups -OCH3 is 2. The smallest absolute Gasteiger partial charge is 0.318 e. The number of benzene rings is 1. The van der Waals surface area contributed by atoms with Crippen molar-refractivity contribution in [3.63, 3.8) is 0 Å². The quantitative estimate of drug-likeness (QED) is 0.873. The highest BCUT2D eigenvalue weighted by Crippen LogP contribution is 2.39. The fourth-order valence-corrected chi connectivity index (χ4v) is 3.04. The van der Waals surface area contributed by atoms with Crippen LogP contribution in [0.5, 0.6) is 11.5 Å². The highest BCUT2D eigenvalue weighted by molar-refractivity contribution is 5.75. The minimum atomic E-state index is -0.795. The fourth-order valence-electron chi connectivity index (χ4n) is 3.04. The Morgan fingerprint density at radius 3 is 2.65 bits per heavy atom. The van der Waals surface area contributed by atoms with Gasteiger partial charge in [0.25, 0.3) is 0 Å². The molecule has 6 heteroatoms. The van der Waals surface area contributed by atoms with Crippen molar-refractivity contribution in [1.29, 1.82) is 0 Å². The van der Waals surface area contributed by atoms with Crippen LogP contribution in [0.4, 0.5) is 4.79 Å². The summed E-state index contributed by atoms with van der Waals surface area (Å²) in [6.07, 6.45) is 1.14. The van der Waals surface area contributed by atoms with Gasteiger partial charge in [-0.1, -0.05) is 13.3 Å². The van der Waals surface area contributed by atoms with Gasteiger partial charge in [0.05, 0.1) is 27.3 Å². The number of carbonyl (C=O) groups is 1. The molecule has 1 aromatic carbocycles. The molecule has 2 atom stereocenters. The number of aliphatic hydroxyl groups excluding tert-OH is 1. The zero-order valence-corrected chi connectivity index (χ0v) is 14.3. The maximum Gasteiger partial charge on any atom is 0.318 e. The number of ether oxygens (including phenoxy) is 2. The molecule has 1 aliphatic rings. The zero-order valence-electron chi connectivity index (χ0n) is 14.3. The third-order valence-electron chi connectivity index (χ3n) is 4.17. The van der Waals surface area contributed by atoms with Gasteiger partial charge in [-0.25, -0.2) is 4.79 Å². The van der Waals surface area contributed by atoms with Crippen molar-refractivity contribution < 1.29 is 19.4 Å². The van der Waals surface area contributed by atoms with Crippen LogP contribution in [0.25, 0.3) is 0 Å². The molecule has 128 valence electrons. The molecule has 0 saturated carbocycles. The Balaban J connectivity index is 2.24. The topological polar surface area (TPSA) is 71.0 Å². The molecule has 1 aliphatic heterocycles. The molecule has 0 bridgehead atoms. The summed E-state index contributed by atoms with van der Waals surface area (Å²) in [5.41, 5.74) is 1.50. The number of amides is 2. The number of β-amino-alcohol motifs (C(OH)–C–C–N with tert-alkyl or cyclic N) is 1. The second-order valence-electron chi connectivity index (χ2n) is 5.90. The number of rotatable bonds is 5. The van der Waals surface area contributed by atoms with Gasteiger partial charge in [-0.05, 0) is 25.5 Å². The molecule has 2 amide bonds. The third kappa shape index (κ3) is 3.69. The molecule has 0 spiro atoms. The van der Waals surface area contributed by atoms with Crippen LogP contribution in [0, 0.1) is 0 Å². The molecule has 1 aromatic rings. The van der Waals surface area contributed by atoms with E-state index in [4.69, 9.17) is 9.47 Å². The minimum absolute atomic E-state index is 0.109. The van der Waals surface area contributed by atoms with Crippen molar-refractivity contribution >= 4 is 6.03 Å². The Morgan fingerprint density at radius 2 is 2.04 bits per heavy atom. The first kappa shape index (κ1) is 17.4. The van der Waals surface area contributed by atoms with Gasteiger partial charge in [-0.15, -0.1) is 0 Å². The summed E-state index contributed by atoms with van der Waals surface area (Å²) < 4.78 is 10.7. The van der Waals surface area contributed by atoms with E-state index in [1.54, 1.807) is 31.3 Å². The van der Waals surface area contributed by atoms with Crippen LogP contribution in [-0.4, -0.2) is 42.8 Å². The Kier molecular flexibility index (Phi) is 5.71. The molecule has 2 rings (SSSR count). The third-order valence-corrected chi connectivity index (χ3v) is 4.17. The largest absolute Gasteiger partial charge is 0.496 e. The normalized spacial score (nSPS) is 18.1. The van der Waals surface area contributed by atoms with Gasteiger partial charge in [-0.3, -0.25) is 0 Å². The van der Waals surface area contributed by atoms with Crippen LogP contribution in [-0.2, 0) is 6.54 Å². The summed E-state index contributed by atoms with van der Waals surface area (Å²) in [4.78, 5) is 14.0. The van der Waals surface area contributed by atoms with E-state index < -0.39 is 6.10 Å². The second kappa shape index (κ2) is 7.55. The van der Waals surface area contributed by atoms with E-state index in [9.17, 15) is 9.90 Å². The number of hydrogen-bond donors (Lipinski definition) is 2. The highest BCUT2D eigenvalue weighted by atomic mass is 16.5. The Morgan fingerprint density at radius 1 is 1.39 bits per heavy atom. The molecule has 0 saturated heterocycles. The second-order valence-corrected chi connectivity index (χ2v) is 5.90. The number of urea groups is 1. The average molecular weight is 322 g/mol. The van der Waals surface area contributed by atoms with Gasteiger partial charge in [0.15, 0.2) is 0 Å². The lowest BCUT2D eigenvalue weighted by atomic mass is 9.95. The number of hydrogen-bond acceptors (Lipinski definition) is 4. The minimum Gasteiger partial charge on any atom is -0.496 e. The van der Waals surface area contributed by atoms with E-state index in [0.29, 0.717) is 23.6 Å². The van der Waals surface area contributed by atoms with Gasteiger partial charge in [0, 0.05) is 17.2 Å². The number of carbonyl (C=O) groups excluding carboxylic acids is 1. The predicted molar refractivity (Wildman–Crippen MR) is 87.8 cm³/mol. The molecule has 1 heterocycles. The highest BCUT2D eigenvalue weighted by Gasteiger charge is 2.32. The summed E-state index contributed by atoms with van der Waals surface area (Å²) >= 11 is 0. The Bertz CT molecular complexity index is 562. The van der Waals surface area contributed by atoms with Crippen molar-refractivity contribution in [2.75, 3.05) is 20.8 Å². The standard InChI is InChI=1S/C17H26N2O4/c1-5-6-11(2)18-17(21)19-9-12-14(22-3)7-8-15(23-4)16(12)13(20)10-19/h7-8,11,13,20H,5-6,9-10H2,1-4H3,(H,18,21)/t11-,13-/m0/s1. The lowest BCUT2D eigenvalue weighted by Crippen LogP contribution is -2.47. The Hall–Kier alpha value is -1.95. The van der Waals surface area contributed by atoms with Crippen LogP contribution in [0.1, 0.15) is 43.9 Å². The van der Waals surface area contributed by atoms with Crippen LogP contribution >= 0.6 is 0 Å². The zero-order chi connectivity index (χ0) is 17.0. The van der Waals surface area contributed by atoms with Crippen LogP contribution in [0.15, 0.2) is 12.1 Å². The van der Waals surface area contributed by atoms with E-state index in [2.05, 4.69) is 12.2 Å². The van der Waals surface area contributed by atoms with Gasteiger partial charge >= 0.3 is 6.03 Å². The van der Waals surface area contributed by atoms with E-state index in [1.165, 1.54) is 0 Å². The van der Waals surface area contributed by atoms with E-state index in [1.807, 2.05) is 6.92 Å². The molecule has 0 unspecified atom stereocenters. The molecule has 23 heavy (non-hydrogen) atoms. The van der Waals surface area contributed by atoms with Gasteiger partial charge < -0.3 is 24.8 Å². The summed E-state index contributed by atoms with van der Waals surface area (Å²) in [5.74, 6) is 1.27. The van der Waals surface area contributed by atoms with Crippen molar-refractivity contribution in [1.82, 2.24) is 10.2 Å². The summed E-state index contributed by atoms with van der Waals surface area (Å²) in [6.45, 7) is 4.69. The maximum absolute atomic E-state index is 12.4. The van der Waals surface area contributed by atoms with Crippen LogP contribution in [0.2, 0.25) is 0 Å². The molecule has 0 radical (unpaired) electrons. The number of aliphatic hydroxyl groups is 1. The van der Waals surface area contributed by atoms with Crippen molar-refractivity contribution in [2.24, 2.45) is 0 Å². The molecular weight excluding hydrogens is 296 g/mol. The first-order chi connectivity index (χ1) is 11.0. The fraction of sp³-hybridized carbons (Fsp3) is 0.588. The van der Waals surface area contributed by atoms with Gasteiger partial charge in [0.2, 0.25) is 0 Å². The van der Waals surface area contributed by atoms with Crippen molar-refractivity contribution in [3.05, 3.63) is 23.3 Å². The summed E-state index contributed by atoms with van der Waals surface area (Å²) in [5, 5.41) is 13.5. The molecule has 0 fully saturated rings. The SMILES string of the molecule is CCC[C@H](C)NC(=O)N1Cc2c(OC)ccc(OC)c2[C@@H](O)C1. The summed E-state index contributed by atoms with van der Waals surface area (Å²) in [6, 6.07) is 3.52. The van der Waals surface area contributed by atoms with Crippen LogP contribution < -0.4 is 14.8 Å². The lowest BCUT2D eigenvalue weighted by molar-refractivity contribution is 0.0995. The molecular formula is C17H26N2O4. The van der Waals surface area contributed by atoms with E-state index in [-0.39, 0.29) is 18.6 Å². The predicted octanol–water partition coefficient (Wildman–Crippen LogP) is 2.45. The summed E-state index contributed by atoms with van der Waals surface area (Å²) in [7, 11) is 3.15. The molecule has 0 aromatic heterocycles. The first-order valence-electron chi connectivity index (χ1n) is 7.99. The van der Waals surface area contributed by atoms with E-state index >= 15 is 0 Å². The van der Waals surface area contributed by atoms with Crippen LogP contribution in [0.3, 0.4) is 0 Å². The monoisotopic (exact) mass is 322 g/mol. The molecule has 0 aliphatic carbocycles. The number of nitrogens with one attached hydrogen (secondary N) is 1. The first-order valence-corrected chi connectivity index (χ1v) is 7.99. The number of nitrogens with zero attached hydrogens (tertiary/aromatic N) is 1. The average Bonchev–Trinajstić information content (AvgIpc) is 2.53. The number of fused-ring (bicyclic) bond motifs is 1. The van der Waals surface area contributed by atoms with Crippen molar-refractivity contribution in [2.45, 2.75) is 45.4 Å². The molecule has 6 nitrogen and oxygen atoms in total. The lowest BCUT2D eigenvalue weighted by Gasteiger charge is -2.34. The molecule has 2 N–H and O–H groups in total. The Labute approximate surface area is 137 Å².